The molecule has 0 aliphatic heterocycles. The van der Waals surface area contributed by atoms with Crippen molar-refractivity contribution in [2.24, 2.45) is 0 Å². The van der Waals surface area contributed by atoms with E-state index in [1.54, 1.807) is 23.5 Å². The lowest BCUT2D eigenvalue weighted by Crippen LogP contribution is -2.33. The molecule has 0 saturated heterocycles. The van der Waals surface area contributed by atoms with Crippen LogP contribution in [0.5, 0.6) is 0 Å². The Morgan fingerprint density at radius 2 is 2.18 bits per heavy atom. The molecule has 1 aromatic heterocycles. The number of methoxy groups -OCH3 is 1. The Balaban J connectivity index is 2.27. The summed E-state index contributed by atoms with van der Waals surface area (Å²) in [6.07, 6.45) is -0.650. The van der Waals surface area contributed by atoms with E-state index in [2.05, 4.69) is 5.32 Å². The molecule has 2 unspecified atom stereocenters. The van der Waals surface area contributed by atoms with Crippen LogP contribution in [-0.4, -0.2) is 31.5 Å². The van der Waals surface area contributed by atoms with Crippen LogP contribution in [0.25, 0.3) is 0 Å². The van der Waals surface area contributed by atoms with Crippen molar-refractivity contribution in [1.29, 1.82) is 0 Å². The summed E-state index contributed by atoms with van der Waals surface area (Å²) in [5.41, 5.74) is 1.60. The van der Waals surface area contributed by atoms with Gasteiger partial charge in [0.1, 0.15) is 5.82 Å². The molecular formula is C16H19ClFNO2S. The van der Waals surface area contributed by atoms with Gasteiger partial charge in [-0.3, -0.25) is 0 Å². The Morgan fingerprint density at radius 1 is 1.41 bits per heavy atom. The van der Waals surface area contributed by atoms with Crippen LogP contribution in [0.2, 0.25) is 5.02 Å². The summed E-state index contributed by atoms with van der Waals surface area (Å²) >= 11 is 7.39. The van der Waals surface area contributed by atoms with Gasteiger partial charge < -0.3 is 15.2 Å². The van der Waals surface area contributed by atoms with Crippen molar-refractivity contribution in [2.45, 2.75) is 19.1 Å². The highest BCUT2D eigenvalue weighted by Crippen LogP contribution is 2.31. The van der Waals surface area contributed by atoms with Crippen LogP contribution in [0.15, 0.2) is 29.6 Å². The van der Waals surface area contributed by atoms with Crippen LogP contribution in [0.4, 0.5) is 4.39 Å². The summed E-state index contributed by atoms with van der Waals surface area (Å²) < 4.78 is 19.2. The Kier molecular flexibility index (Phi) is 6.35. The first-order valence-corrected chi connectivity index (χ1v) is 8.18. The predicted molar refractivity (Wildman–Crippen MR) is 88.2 cm³/mol. The fourth-order valence-corrected chi connectivity index (χ4v) is 3.44. The first-order chi connectivity index (χ1) is 10.5. The van der Waals surface area contributed by atoms with Gasteiger partial charge in [-0.25, -0.2) is 4.39 Å². The maximum Gasteiger partial charge on any atom is 0.129 e. The molecule has 0 aliphatic carbocycles. The van der Waals surface area contributed by atoms with Crippen molar-refractivity contribution in [1.82, 2.24) is 5.32 Å². The van der Waals surface area contributed by atoms with Crippen molar-refractivity contribution in [3.63, 3.8) is 0 Å². The lowest BCUT2D eigenvalue weighted by atomic mass is 10.0. The molecule has 0 radical (unpaired) electrons. The number of aliphatic hydroxyl groups is 1. The first-order valence-electron chi connectivity index (χ1n) is 6.92. The highest BCUT2D eigenvalue weighted by molar-refractivity contribution is 7.10. The number of halogens is 2. The van der Waals surface area contributed by atoms with Gasteiger partial charge in [0, 0.05) is 29.1 Å². The number of hydrogen-bond acceptors (Lipinski definition) is 4. The lowest BCUT2D eigenvalue weighted by molar-refractivity contribution is 0.0634. The van der Waals surface area contributed by atoms with Crippen molar-refractivity contribution in [2.75, 3.05) is 20.3 Å². The third-order valence-electron chi connectivity index (χ3n) is 3.35. The fraction of sp³-hybridized carbons (Fsp3) is 0.375. The number of aryl methyl sites for hydroxylation is 1. The van der Waals surface area contributed by atoms with Gasteiger partial charge in [0.2, 0.25) is 0 Å². The minimum Gasteiger partial charge on any atom is -0.389 e. The third kappa shape index (κ3) is 4.27. The van der Waals surface area contributed by atoms with E-state index in [-0.39, 0.29) is 18.5 Å². The maximum absolute atomic E-state index is 14.3. The fourth-order valence-electron chi connectivity index (χ4n) is 2.26. The van der Waals surface area contributed by atoms with E-state index in [9.17, 15) is 9.50 Å². The molecule has 1 aromatic carbocycles. The van der Waals surface area contributed by atoms with Crippen molar-refractivity contribution in [3.8, 4) is 0 Å². The molecule has 6 heteroatoms. The highest BCUT2D eigenvalue weighted by atomic mass is 35.5. The second-order valence-electron chi connectivity index (χ2n) is 5.08. The van der Waals surface area contributed by atoms with Crippen LogP contribution >= 0.6 is 22.9 Å². The SMILES string of the molecule is COCC(O)CNC(c1ccc(Cl)cc1F)c1sccc1C. The standard InChI is InChI=1S/C16H19ClFNO2S/c1-10-5-6-22-16(10)15(19-8-12(20)9-21-2)13-4-3-11(17)7-14(13)18/h3-7,12,15,19-20H,8-9H2,1-2H3. The minimum atomic E-state index is -0.650. The number of aliphatic hydroxyl groups excluding tert-OH is 1. The topological polar surface area (TPSA) is 41.5 Å². The monoisotopic (exact) mass is 343 g/mol. The molecule has 3 nitrogen and oxygen atoms in total. The second kappa shape index (κ2) is 8.04. The number of hydrogen-bond donors (Lipinski definition) is 2. The molecule has 0 fully saturated rings. The minimum absolute atomic E-state index is 0.228. The second-order valence-corrected chi connectivity index (χ2v) is 6.47. The van der Waals surface area contributed by atoms with Gasteiger partial charge in [-0.1, -0.05) is 17.7 Å². The molecule has 0 amide bonds. The normalized spacial score (nSPS) is 14.0. The van der Waals surface area contributed by atoms with Gasteiger partial charge >= 0.3 is 0 Å². The summed E-state index contributed by atoms with van der Waals surface area (Å²) in [7, 11) is 1.53. The van der Waals surface area contributed by atoms with E-state index in [4.69, 9.17) is 16.3 Å². The van der Waals surface area contributed by atoms with Gasteiger partial charge in [0.25, 0.3) is 0 Å². The van der Waals surface area contributed by atoms with Gasteiger partial charge in [-0.2, -0.15) is 0 Å². The highest BCUT2D eigenvalue weighted by Gasteiger charge is 2.21. The van der Waals surface area contributed by atoms with E-state index < -0.39 is 6.10 Å². The molecule has 2 atom stereocenters. The number of ether oxygens (including phenoxy) is 1. The molecule has 0 saturated carbocycles. The van der Waals surface area contributed by atoms with Crippen molar-refractivity contribution >= 4 is 22.9 Å². The van der Waals surface area contributed by atoms with E-state index in [1.807, 2.05) is 18.4 Å². The Morgan fingerprint density at radius 3 is 2.77 bits per heavy atom. The summed E-state index contributed by atoms with van der Waals surface area (Å²) in [6.45, 7) is 2.52. The van der Waals surface area contributed by atoms with E-state index >= 15 is 0 Å². The van der Waals surface area contributed by atoms with E-state index in [0.29, 0.717) is 17.1 Å². The van der Waals surface area contributed by atoms with E-state index in [0.717, 1.165) is 10.4 Å². The average molecular weight is 344 g/mol. The average Bonchev–Trinajstić information content (AvgIpc) is 2.87. The Bertz CT molecular complexity index is 620. The van der Waals surface area contributed by atoms with Crippen molar-refractivity contribution in [3.05, 3.63) is 56.5 Å². The maximum atomic E-state index is 14.3. The quantitative estimate of drug-likeness (QED) is 0.808. The van der Waals surface area contributed by atoms with Crippen LogP contribution in [0.3, 0.4) is 0 Å². The molecule has 2 rings (SSSR count). The zero-order valence-electron chi connectivity index (χ0n) is 12.5. The molecule has 0 spiro atoms. The molecule has 0 bridgehead atoms. The van der Waals surface area contributed by atoms with Gasteiger partial charge in [0.05, 0.1) is 18.8 Å². The molecule has 2 N–H and O–H groups in total. The summed E-state index contributed by atoms with van der Waals surface area (Å²) in [5.74, 6) is -0.362. The van der Waals surface area contributed by atoms with Crippen LogP contribution in [0.1, 0.15) is 22.0 Å². The molecular weight excluding hydrogens is 325 g/mol. The molecule has 120 valence electrons. The summed E-state index contributed by atoms with van der Waals surface area (Å²) in [4.78, 5) is 1.02. The van der Waals surface area contributed by atoms with Gasteiger partial charge in [-0.15, -0.1) is 11.3 Å². The number of benzene rings is 1. The van der Waals surface area contributed by atoms with Crippen LogP contribution in [-0.2, 0) is 4.74 Å². The van der Waals surface area contributed by atoms with E-state index in [1.165, 1.54) is 13.2 Å². The zero-order chi connectivity index (χ0) is 16.1. The lowest BCUT2D eigenvalue weighted by Gasteiger charge is -2.21. The van der Waals surface area contributed by atoms with Crippen LogP contribution < -0.4 is 5.32 Å². The van der Waals surface area contributed by atoms with Gasteiger partial charge in [0.15, 0.2) is 0 Å². The van der Waals surface area contributed by atoms with Crippen LogP contribution in [0, 0.1) is 12.7 Å². The molecule has 1 heterocycles. The molecule has 22 heavy (non-hydrogen) atoms. The zero-order valence-corrected chi connectivity index (χ0v) is 14.0. The summed E-state index contributed by atoms with van der Waals surface area (Å²) in [5, 5.41) is 15.4. The van der Waals surface area contributed by atoms with Gasteiger partial charge in [-0.05, 0) is 36.1 Å². The molecule has 0 aliphatic rings. The molecule has 2 aromatic rings. The first kappa shape index (κ1) is 17.4. The summed E-state index contributed by atoms with van der Waals surface area (Å²) in [6, 6.07) is 6.32. The third-order valence-corrected chi connectivity index (χ3v) is 4.67. The number of nitrogens with one attached hydrogen (secondary N) is 1. The smallest absolute Gasteiger partial charge is 0.129 e. The number of rotatable bonds is 7. The van der Waals surface area contributed by atoms with Crippen molar-refractivity contribution < 1.29 is 14.2 Å². The Hall–Kier alpha value is -0.980. The Labute approximate surface area is 138 Å². The largest absolute Gasteiger partial charge is 0.389 e. The predicted octanol–water partition coefficient (Wildman–Crippen LogP) is 3.54. The number of thiophene rings is 1.